The SMILES string of the molecule is C.C1CCC([PH+](C2CCCCC2)C2CCCCC2)CC1.C=CCOc1cc(F)cc(C[C@H](NC(=O)C2CC(=O)N(CC=C)C2)[C@H](O)[C@H]2C(=O)N(Cc3ccccc3)CCN2C(=O)OC(C)(C)C)c1.CC(C)(C)OC(=O)N1CCN(Cc2ccccc2)C(=O)[C@@H]1[C@@H](O)[C@@H]1Cc2cc(F)cc(c2)OCC=CCN2CC(CC2=O)C(=O)N1.Cc1cc(C)c(N2[CH-]N(c3c(C)cc(C)cc3C)CC2)c(C)c1.[Cl][Ru]([Cl])=[CH]c1ccccc1. The number of aliphatic hydroxyl groups excluding tert-OH is 2. The number of hydrogen-bond donors (Lipinski definition) is 4. The van der Waals surface area contributed by atoms with Gasteiger partial charge < -0.3 is 69.2 Å². The number of amides is 8. The molecule has 147 heavy (non-hydrogen) atoms. The molecule has 0 spiro atoms. The number of anilines is 2. The van der Waals surface area contributed by atoms with Crippen molar-refractivity contribution in [2.75, 3.05) is 88.5 Å². The van der Waals surface area contributed by atoms with Crippen molar-refractivity contribution in [3.63, 3.8) is 0 Å². The number of halogens is 4. The average molecular weight is 2170 g/mol. The minimum absolute atomic E-state index is 0. The number of benzene rings is 7. The fourth-order valence-corrected chi connectivity index (χ4v) is 29.0. The van der Waals surface area contributed by atoms with Gasteiger partial charge in [-0.1, -0.05) is 148 Å². The molecule has 6 aliphatic heterocycles. The fraction of sp³-hybridized carbons (Fsp3) is 0.504. The predicted octanol–water partition coefficient (Wildman–Crippen LogP) is 20.7. The first-order valence-electron chi connectivity index (χ1n) is 51.9. The van der Waals surface area contributed by atoms with E-state index in [4.69, 9.17) is 38.3 Å². The van der Waals surface area contributed by atoms with Crippen LogP contribution in [-0.2, 0) is 77.7 Å². The summed E-state index contributed by atoms with van der Waals surface area (Å²) in [5, 5.41) is 29.8. The van der Waals surface area contributed by atoms with Crippen LogP contribution in [0, 0.1) is 71.7 Å². The number of ether oxygens (including phenoxy) is 4. The molecule has 0 radical (unpaired) electrons. The van der Waals surface area contributed by atoms with E-state index in [9.17, 15) is 57.4 Å². The minimum atomic E-state index is -1.66. The number of fused-ring (bicyclic) bond motifs is 4. The van der Waals surface area contributed by atoms with Crippen LogP contribution in [0.25, 0.3) is 0 Å². The third kappa shape index (κ3) is 34.3. The zero-order chi connectivity index (χ0) is 105. The van der Waals surface area contributed by atoms with Crippen molar-refractivity contribution in [2.45, 2.75) is 290 Å². The molecular weight excluding hydrogens is 2010 g/mol. The number of hydrogen-bond acceptors (Lipinski definition) is 16. The maximum atomic E-state index is 14.7. The first-order chi connectivity index (χ1) is 69.8. The van der Waals surface area contributed by atoms with Gasteiger partial charge in [0.15, 0.2) is 0 Å². The van der Waals surface area contributed by atoms with Gasteiger partial charge in [-0.05, 0) is 248 Å². The molecule has 2 unspecified atom stereocenters. The van der Waals surface area contributed by atoms with E-state index in [1.807, 2.05) is 95.6 Å². The van der Waals surface area contributed by atoms with E-state index < -0.39 is 120 Å². The van der Waals surface area contributed by atoms with Gasteiger partial charge in [0.1, 0.15) is 71.8 Å². The van der Waals surface area contributed by atoms with Crippen LogP contribution in [0.2, 0.25) is 0 Å². The van der Waals surface area contributed by atoms with E-state index >= 15 is 0 Å². The second kappa shape index (κ2) is 55.9. The van der Waals surface area contributed by atoms with Gasteiger partial charge in [-0.3, -0.25) is 38.6 Å². The number of rotatable bonds is 23. The second-order valence-electron chi connectivity index (χ2n) is 42.2. The van der Waals surface area contributed by atoms with Crippen molar-refractivity contribution >= 4 is 90.9 Å². The molecule has 6 heterocycles. The third-order valence-electron chi connectivity index (χ3n) is 28.3. The van der Waals surface area contributed by atoms with E-state index in [1.165, 1.54) is 107 Å². The first kappa shape index (κ1) is 117. The van der Waals surface area contributed by atoms with Gasteiger partial charge >= 0.3 is 85.6 Å². The Bertz CT molecular complexity index is 5490. The quantitative estimate of drug-likeness (QED) is 0.0201. The van der Waals surface area contributed by atoms with E-state index in [2.05, 4.69) is 106 Å². The summed E-state index contributed by atoms with van der Waals surface area (Å²) >= 11 is -1.61. The number of piperazine rings is 2. The van der Waals surface area contributed by atoms with Gasteiger partial charge in [-0.25, -0.2) is 18.4 Å². The number of aliphatic hydroxyl groups is 2. The maximum absolute atomic E-state index is 14.7. The van der Waals surface area contributed by atoms with Crippen molar-refractivity contribution in [2.24, 2.45) is 11.8 Å². The first-order valence-corrected chi connectivity index (χ1v) is 59.2. The number of carbonyl (C=O) groups is 8. The monoisotopic (exact) mass is 2170 g/mol. The standard InChI is InChI=1S/C36H45FN4O7.C34H41FN4O7.C21H27N2.C18H33P.C7H6.CH4.2ClH.Ru/c1-6-13-39-23-26(20-30(39)42)33(44)38-29(19-25-17-27(37)21-28(18-25)47-16-7-2)32(43)31-34(45)40(22-24-11-9-8-10-12-24)14-15-41(31)35(46)48-36(3,4)5;1-34(2,3)46-33(44)39-13-12-38(20-22-9-5-4-6-10-22)32(43)29(39)30(41)27-17-23-15-25(35)19-26(16-23)45-14-8-7-11-37-21-24(18-28(37)40)31(42)36-27;1-14-9-16(3)20(17(4)10-14)22-7-8-23(13-22)21-18(5)11-15(2)12-19(21)6;1-4-10-16(11-5-1)19(17-12-6-2-7-13-17)18-14-8-3-9-15-18;1-7-5-3-2-4-6-7;;;;/h6-12,17-18,21,26,29,31-32,43H,1-2,13-16,19-20,22-23H2,3-5H3,(H,38,44);4-10,15-16,19,24,27,29-30,41H,11-14,17-18,20-21H2,1-3H3,(H,36,42);9-13H,7-8H2,1-6H3;16-18H,1-15H2;1-6H;1H4;2*1H;/q;;-1;;;;;;+2/p-1/t26?,29-,31-,32-;24?,27-,29-,30-;;;;;;;/m00......./s1. The van der Waals surface area contributed by atoms with Crippen LogP contribution in [0.4, 0.5) is 29.7 Å². The van der Waals surface area contributed by atoms with Crippen molar-refractivity contribution in [3.8, 4) is 11.5 Å². The molecule has 5 saturated heterocycles. The molecule has 30 heteroatoms. The molecule has 8 fully saturated rings. The molecule has 800 valence electrons. The Morgan fingerprint density at radius 2 is 1.06 bits per heavy atom. The summed E-state index contributed by atoms with van der Waals surface area (Å²) in [4.78, 5) is 121. The van der Waals surface area contributed by atoms with Crippen molar-refractivity contribution in [1.29, 1.82) is 0 Å². The summed E-state index contributed by atoms with van der Waals surface area (Å²) in [6.07, 6.45) is 25.2. The molecule has 7 aromatic carbocycles. The topological polar surface area (TPSA) is 264 Å². The number of aryl methyl sites for hydroxylation is 6. The van der Waals surface area contributed by atoms with Gasteiger partial charge in [0.25, 0.3) is 0 Å². The zero-order valence-corrected chi connectivity index (χ0v) is 91.5. The van der Waals surface area contributed by atoms with Gasteiger partial charge in [0, 0.05) is 123 Å². The van der Waals surface area contributed by atoms with Gasteiger partial charge in [-0.15, -0.1) is 6.58 Å². The van der Waals surface area contributed by atoms with Crippen molar-refractivity contribution in [3.05, 3.63) is 269 Å². The normalized spacial score (nSPS) is 20.4. The third-order valence-corrected chi connectivity index (χ3v) is 34.7. The molecular formula is C117H157Cl2F2N10O14PRu. The van der Waals surface area contributed by atoms with Crippen LogP contribution >= 0.6 is 27.3 Å². The van der Waals surface area contributed by atoms with Crippen LogP contribution in [-0.4, -0.2) is 235 Å². The molecule has 8 atom stereocenters. The van der Waals surface area contributed by atoms with E-state index in [1.54, 1.807) is 183 Å². The van der Waals surface area contributed by atoms with Crippen LogP contribution in [0.3, 0.4) is 0 Å². The molecule has 7 aromatic rings. The molecule has 4 N–H and O–H groups in total. The molecule has 4 bridgehead atoms. The van der Waals surface area contributed by atoms with Gasteiger partial charge in [0.2, 0.25) is 35.4 Å². The van der Waals surface area contributed by atoms with E-state index in [0.717, 1.165) is 29.8 Å². The molecule has 16 rings (SSSR count). The zero-order valence-electron chi connectivity index (χ0n) is 87.2. The van der Waals surface area contributed by atoms with Crippen molar-refractivity contribution in [1.82, 2.24) is 40.0 Å². The molecule has 0 aromatic heterocycles. The van der Waals surface area contributed by atoms with Crippen LogP contribution in [0.15, 0.2) is 189 Å². The predicted molar refractivity (Wildman–Crippen MR) is 582 cm³/mol. The Hall–Kier alpha value is -10.4. The van der Waals surface area contributed by atoms with Crippen LogP contribution < -0.4 is 29.9 Å². The Balaban J connectivity index is 0.000000190. The van der Waals surface area contributed by atoms with Gasteiger partial charge in [0.05, 0.1) is 40.9 Å². The molecule has 3 aliphatic carbocycles. The van der Waals surface area contributed by atoms with E-state index in [-0.39, 0.29) is 143 Å². The van der Waals surface area contributed by atoms with E-state index in [0.29, 0.717) is 11.1 Å². The Morgan fingerprint density at radius 3 is 1.55 bits per heavy atom. The summed E-state index contributed by atoms with van der Waals surface area (Å²) < 4.78 is 53.9. The summed E-state index contributed by atoms with van der Waals surface area (Å²) in [6, 6.07) is 40.6. The molecule has 9 aliphatic rings. The Kier molecular flexibility index (Phi) is 44.5. The summed E-state index contributed by atoms with van der Waals surface area (Å²) in [5.41, 5.74) is 16.4. The summed E-state index contributed by atoms with van der Waals surface area (Å²) in [7, 11) is 11.3. The number of nitrogens with zero attached hydrogens (tertiary/aromatic N) is 8. The van der Waals surface area contributed by atoms with Crippen molar-refractivity contribution < 1.29 is 89.8 Å². The van der Waals surface area contributed by atoms with Crippen LogP contribution in [0.1, 0.15) is 219 Å². The second-order valence-corrected chi connectivity index (χ2v) is 51.4. The Morgan fingerprint density at radius 1 is 0.571 bits per heavy atom. The Labute approximate surface area is 885 Å². The number of nitrogens with one attached hydrogen (secondary N) is 2. The summed E-state index contributed by atoms with van der Waals surface area (Å²) in [6.45, 7) is 37.2. The number of carbonyl (C=O) groups excluding carboxylic acids is 8. The number of likely N-dealkylation sites (tertiary alicyclic amines) is 1. The molecule has 8 amide bonds. The summed E-state index contributed by atoms with van der Waals surface area (Å²) in [5.74, 6) is -4.61. The average Bonchev–Trinajstić information content (AvgIpc) is 1.78. The van der Waals surface area contributed by atoms with Gasteiger partial charge in [-0.2, -0.15) is 6.67 Å². The molecule has 24 nitrogen and oxygen atoms in total. The molecule has 3 saturated carbocycles. The fourth-order valence-electron chi connectivity index (χ4n) is 21.9. The van der Waals surface area contributed by atoms with Crippen LogP contribution in [0.5, 0.6) is 11.5 Å².